The molecule has 0 radical (unpaired) electrons. The Hall–Kier alpha value is -2.25. The first kappa shape index (κ1) is 20.8. The van der Waals surface area contributed by atoms with Crippen molar-refractivity contribution in [3.63, 3.8) is 0 Å². The molecule has 0 saturated carbocycles. The second-order valence-electron chi connectivity index (χ2n) is 5.39. The van der Waals surface area contributed by atoms with Crippen molar-refractivity contribution in [2.45, 2.75) is 39.0 Å². The summed E-state index contributed by atoms with van der Waals surface area (Å²) < 4.78 is 9.74. The lowest BCUT2D eigenvalue weighted by molar-refractivity contribution is -0.145. The van der Waals surface area contributed by atoms with Crippen LogP contribution in [0.3, 0.4) is 0 Å². The summed E-state index contributed by atoms with van der Waals surface area (Å²) in [7, 11) is 1.22. The van der Waals surface area contributed by atoms with Gasteiger partial charge in [0.1, 0.15) is 6.07 Å². The van der Waals surface area contributed by atoms with Crippen LogP contribution in [0.5, 0.6) is 0 Å². The zero-order valence-electron chi connectivity index (χ0n) is 14.8. The third kappa shape index (κ3) is 5.11. The van der Waals surface area contributed by atoms with Crippen molar-refractivity contribution in [1.82, 2.24) is 0 Å². The van der Waals surface area contributed by atoms with Gasteiger partial charge in [0.25, 0.3) is 0 Å². The molecule has 0 saturated heterocycles. The van der Waals surface area contributed by atoms with E-state index < -0.39 is 17.9 Å². The van der Waals surface area contributed by atoms with E-state index in [4.69, 9.17) is 9.47 Å². The summed E-state index contributed by atoms with van der Waals surface area (Å²) in [6.45, 7) is 1.88. The van der Waals surface area contributed by atoms with Gasteiger partial charge in [0.15, 0.2) is 11.5 Å². The summed E-state index contributed by atoms with van der Waals surface area (Å²) in [6, 6.07) is 3.93. The van der Waals surface area contributed by atoms with Crippen molar-refractivity contribution in [3.8, 4) is 12.1 Å². The van der Waals surface area contributed by atoms with Crippen molar-refractivity contribution in [2.75, 3.05) is 20.0 Å². The Balaban J connectivity index is 3.58. The zero-order chi connectivity index (χ0) is 18.8. The molecule has 0 fully saturated rings. The monoisotopic (exact) mass is 362 g/mol. The van der Waals surface area contributed by atoms with E-state index in [0.717, 1.165) is 24.8 Å². The molecular weight excluding hydrogens is 340 g/mol. The fourth-order valence-electron chi connectivity index (χ4n) is 2.85. The minimum Gasteiger partial charge on any atom is -0.465 e. The maximum absolute atomic E-state index is 12.2. The molecular formula is C18H22N2O4S. The molecule has 25 heavy (non-hydrogen) atoms. The maximum Gasteiger partial charge on any atom is 0.349 e. The molecule has 0 heterocycles. The number of hydrogen-bond acceptors (Lipinski definition) is 7. The Bertz CT molecular complexity index is 668. The highest BCUT2D eigenvalue weighted by molar-refractivity contribution is 8.02. The molecule has 1 rings (SSSR count). The molecule has 7 heteroatoms. The second kappa shape index (κ2) is 10.6. The first-order chi connectivity index (χ1) is 12.0. The van der Waals surface area contributed by atoms with Gasteiger partial charge in [0.05, 0.1) is 19.8 Å². The fraction of sp³-hybridized carbons (Fsp3) is 0.556. The number of carbonyl (C=O) groups excluding carboxylic acids is 2. The van der Waals surface area contributed by atoms with Crippen LogP contribution >= 0.6 is 11.8 Å². The van der Waals surface area contributed by atoms with Crippen LogP contribution in [0.4, 0.5) is 0 Å². The zero-order valence-corrected chi connectivity index (χ0v) is 15.6. The van der Waals surface area contributed by atoms with Crippen molar-refractivity contribution in [1.29, 1.82) is 10.5 Å². The highest BCUT2D eigenvalue weighted by atomic mass is 32.2. The predicted octanol–water partition coefficient (Wildman–Crippen LogP) is 3.26. The highest BCUT2D eigenvalue weighted by Gasteiger charge is 2.30. The van der Waals surface area contributed by atoms with Crippen LogP contribution in [-0.4, -0.2) is 31.9 Å². The van der Waals surface area contributed by atoms with E-state index in [1.54, 1.807) is 13.2 Å². The number of methoxy groups -OCH3 is 1. The van der Waals surface area contributed by atoms with Crippen LogP contribution in [0.1, 0.15) is 39.0 Å². The van der Waals surface area contributed by atoms with Crippen LogP contribution in [0, 0.1) is 28.6 Å². The minimum atomic E-state index is -1.02. The van der Waals surface area contributed by atoms with E-state index in [1.165, 1.54) is 18.9 Å². The van der Waals surface area contributed by atoms with Gasteiger partial charge in [-0.2, -0.15) is 10.5 Å². The lowest BCUT2D eigenvalue weighted by atomic mass is 9.90. The molecule has 1 aliphatic carbocycles. The Morgan fingerprint density at radius 3 is 2.44 bits per heavy atom. The molecule has 134 valence electrons. The Labute approximate surface area is 152 Å². The lowest BCUT2D eigenvalue weighted by Crippen LogP contribution is -2.20. The minimum absolute atomic E-state index is 0.0926. The van der Waals surface area contributed by atoms with E-state index in [9.17, 15) is 20.1 Å². The molecule has 0 spiro atoms. The SMILES string of the molecule is CCOC(=O)C(C#N)C1=C(/C(SC)=C(/C#N)C(=O)OC)CCCCC1. The molecule has 0 aromatic heterocycles. The Morgan fingerprint density at radius 1 is 1.24 bits per heavy atom. The fourth-order valence-corrected chi connectivity index (χ4v) is 3.66. The maximum atomic E-state index is 12.2. The molecule has 0 aromatic carbocycles. The van der Waals surface area contributed by atoms with E-state index in [-0.39, 0.29) is 12.2 Å². The second-order valence-corrected chi connectivity index (χ2v) is 6.21. The summed E-state index contributed by atoms with van der Waals surface area (Å²) >= 11 is 1.26. The first-order valence-corrected chi connectivity index (χ1v) is 9.33. The molecule has 0 amide bonds. The normalized spacial score (nSPS) is 16.7. The Kier molecular flexibility index (Phi) is 8.80. The summed E-state index contributed by atoms with van der Waals surface area (Å²) in [5.41, 5.74) is 1.29. The van der Waals surface area contributed by atoms with E-state index in [2.05, 4.69) is 0 Å². The first-order valence-electron chi connectivity index (χ1n) is 8.10. The number of allylic oxidation sites excluding steroid dienone is 1. The Morgan fingerprint density at radius 2 is 1.92 bits per heavy atom. The van der Waals surface area contributed by atoms with Gasteiger partial charge in [-0.3, -0.25) is 4.79 Å². The van der Waals surface area contributed by atoms with Gasteiger partial charge in [0.2, 0.25) is 0 Å². The summed E-state index contributed by atoms with van der Waals surface area (Å²) in [5, 5.41) is 18.9. The largest absolute Gasteiger partial charge is 0.465 e. The highest BCUT2D eigenvalue weighted by Crippen LogP contribution is 2.38. The van der Waals surface area contributed by atoms with Crippen LogP contribution in [0.25, 0.3) is 0 Å². The average molecular weight is 362 g/mol. The van der Waals surface area contributed by atoms with Crippen LogP contribution in [-0.2, 0) is 19.1 Å². The third-order valence-corrected chi connectivity index (χ3v) is 4.83. The van der Waals surface area contributed by atoms with E-state index in [1.807, 2.05) is 12.1 Å². The number of esters is 2. The van der Waals surface area contributed by atoms with Gasteiger partial charge in [0, 0.05) is 4.91 Å². The number of thioether (sulfide) groups is 1. The van der Waals surface area contributed by atoms with Crippen molar-refractivity contribution in [3.05, 3.63) is 21.6 Å². The molecule has 1 atom stereocenters. The van der Waals surface area contributed by atoms with Gasteiger partial charge >= 0.3 is 11.9 Å². The van der Waals surface area contributed by atoms with Gasteiger partial charge in [-0.05, 0) is 50.0 Å². The summed E-state index contributed by atoms with van der Waals surface area (Å²) in [4.78, 5) is 24.7. The summed E-state index contributed by atoms with van der Waals surface area (Å²) in [5.74, 6) is -2.32. The quantitative estimate of drug-likeness (QED) is 0.406. The number of hydrogen-bond donors (Lipinski definition) is 0. The molecule has 0 aliphatic heterocycles. The lowest BCUT2D eigenvalue weighted by Gasteiger charge is -2.19. The van der Waals surface area contributed by atoms with Crippen LogP contribution < -0.4 is 0 Å². The van der Waals surface area contributed by atoms with Crippen molar-refractivity contribution in [2.24, 2.45) is 5.92 Å². The molecule has 6 nitrogen and oxygen atoms in total. The molecule has 0 N–H and O–H groups in total. The number of nitrogens with zero attached hydrogens (tertiary/aromatic N) is 2. The van der Waals surface area contributed by atoms with Crippen LogP contribution in [0.2, 0.25) is 0 Å². The predicted molar refractivity (Wildman–Crippen MR) is 94.0 cm³/mol. The van der Waals surface area contributed by atoms with Gasteiger partial charge in [-0.25, -0.2) is 4.79 Å². The smallest absolute Gasteiger partial charge is 0.349 e. The molecule has 1 aliphatic rings. The van der Waals surface area contributed by atoms with Crippen molar-refractivity contribution >= 4 is 23.7 Å². The van der Waals surface area contributed by atoms with E-state index >= 15 is 0 Å². The molecule has 0 aromatic rings. The van der Waals surface area contributed by atoms with E-state index in [0.29, 0.717) is 23.3 Å². The van der Waals surface area contributed by atoms with Crippen LogP contribution in [0.15, 0.2) is 21.6 Å². The average Bonchev–Trinajstić information content (AvgIpc) is 2.86. The van der Waals surface area contributed by atoms with Gasteiger partial charge in [-0.15, -0.1) is 11.8 Å². The van der Waals surface area contributed by atoms with Gasteiger partial charge < -0.3 is 9.47 Å². The third-order valence-electron chi connectivity index (χ3n) is 3.97. The van der Waals surface area contributed by atoms with Crippen molar-refractivity contribution < 1.29 is 19.1 Å². The number of nitriles is 2. The molecule has 1 unspecified atom stereocenters. The summed E-state index contributed by atoms with van der Waals surface area (Å²) in [6.07, 6.45) is 5.59. The standard InChI is InChI=1S/C18H22N2O4S/c1-4-24-18(22)14(10-19)12-8-6-5-7-9-13(12)16(25-3)15(11-20)17(21)23-2/h14H,4-9H2,1-3H3/b16-15+. The number of rotatable bonds is 6. The molecule has 0 bridgehead atoms. The van der Waals surface area contributed by atoms with Gasteiger partial charge in [-0.1, -0.05) is 6.42 Å². The number of carbonyl (C=O) groups is 2. The topological polar surface area (TPSA) is 100 Å². The number of ether oxygens (including phenoxy) is 2.